The highest BCUT2D eigenvalue weighted by molar-refractivity contribution is 5.17. The van der Waals surface area contributed by atoms with Crippen LogP contribution >= 0.6 is 0 Å². The van der Waals surface area contributed by atoms with Crippen molar-refractivity contribution in [2.75, 3.05) is 0 Å². The van der Waals surface area contributed by atoms with E-state index in [2.05, 4.69) is 4.98 Å². The van der Waals surface area contributed by atoms with Gasteiger partial charge in [0.15, 0.2) is 0 Å². The standard InChI is InChI=1S/C8H11FN2O/c1-5(12)8(10)6-2-3-11-4-7(6)9/h2-5,8,12H,10H2,1H3/t5-,8-/m0/s1. The number of aliphatic hydroxyl groups is 1. The first kappa shape index (κ1) is 9.09. The lowest BCUT2D eigenvalue weighted by molar-refractivity contribution is 0.162. The zero-order chi connectivity index (χ0) is 9.14. The average Bonchev–Trinajstić information content (AvgIpc) is 2.04. The minimum absolute atomic E-state index is 0.292. The van der Waals surface area contributed by atoms with Gasteiger partial charge in [-0.25, -0.2) is 4.39 Å². The molecule has 0 bridgehead atoms. The predicted octanol–water partition coefficient (Wildman–Crippen LogP) is 0.601. The summed E-state index contributed by atoms with van der Waals surface area (Å²) in [6.07, 6.45) is 1.76. The molecule has 3 nitrogen and oxygen atoms in total. The molecule has 2 atom stereocenters. The van der Waals surface area contributed by atoms with Gasteiger partial charge in [0.25, 0.3) is 0 Å². The molecule has 0 unspecified atom stereocenters. The van der Waals surface area contributed by atoms with E-state index in [1.165, 1.54) is 19.2 Å². The molecule has 3 N–H and O–H groups in total. The Morgan fingerprint density at radius 2 is 2.33 bits per heavy atom. The molecule has 0 aliphatic carbocycles. The summed E-state index contributed by atoms with van der Waals surface area (Å²) in [5.41, 5.74) is 5.81. The van der Waals surface area contributed by atoms with Crippen LogP contribution in [0.3, 0.4) is 0 Å². The van der Waals surface area contributed by atoms with E-state index in [-0.39, 0.29) is 0 Å². The molecule has 4 heteroatoms. The predicted molar refractivity (Wildman–Crippen MR) is 42.8 cm³/mol. The number of pyridine rings is 1. The maximum absolute atomic E-state index is 12.9. The highest BCUT2D eigenvalue weighted by atomic mass is 19.1. The van der Waals surface area contributed by atoms with Gasteiger partial charge < -0.3 is 10.8 Å². The SMILES string of the molecule is C[C@H](O)[C@H](N)c1ccncc1F. The third-order valence-corrected chi connectivity index (χ3v) is 1.68. The molecule has 0 aliphatic rings. The van der Waals surface area contributed by atoms with E-state index in [4.69, 9.17) is 10.8 Å². The van der Waals surface area contributed by atoms with Gasteiger partial charge in [-0.3, -0.25) is 4.98 Å². The maximum Gasteiger partial charge on any atom is 0.146 e. The highest BCUT2D eigenvalue weighted by Gasteiger charge is 2.15. The maximum atomic E-state index is 12.9. The molecule has 1 aromatic heterocycles. The van der Waals surface area contributed by atoms with Gasteiger partial charge >= 0.3 is 0 Å². The number of halogens is 1. The minimum Gasteiger partial charge on any atom is -0.391 e. The largest absolute Gasteiger partial charge is 0.391 e. The topological polar surface area (TPSA) is 59.1 Å². The van der Waals surface area contributed by atoms with Crippen LogP contribution in [-0.4, -0.2) is 16.2 Å². The quantitative estimate of drug-likeness (QED) is 0.683. The van der Waals surface area contributed by atoms with Crippen LogP contribution in [0.2, 0.25) is 0 Å². The Hall–Kier alpha value is -1.00. The second-order valence-electron chi connectivity index (χ2n) is 2.66. The minimum atomic E-state index is -0.762. The number of rotatable bonds is 2. The van der Waals surface area contributed by atoms with E-state index in [1.54, 1.807) is 0 Å². The van der Waals surface area contributed by atoms with Crippen molar-refractivity contribution in [2.45, 2.75) is 19.1 Å². The molecular formula is C8H11FN2O. The first-order valence-electron chi connectivity index (χ1n) is 3.66. The molecule has 0 amide bonds. The molecule has 66 valence electrons. The molecule has 1 aromatic rings. The summed E-state index contributed by atoms with van der Waals surface area (Å²) >= 11 is 0. The molecule has 0 spiro atoms. The fraction of sp³-hybridized carbons (Fsp3) is 0.375. The number of nitrogens with two attached hydrogens (primary N) is 1. The van der Waals surface area contributed by atoms with E-state index in [0.717, 1.165) is 6.20 Å². The molecular weight excluding hydrogens is 159 g/mol. The summed E-state index contributed by atoms with van der Waals surface area (Å²) in [6.45, 7) is 1.52. The van der Waals surface area contributed by atoms with Gasteiger partial charge in [0.1, 0.15) is 5.82 Å². The smallest absolute Gasteiger partial charge is 0.146 e. The molecule has 12 heavy (non-hydrogen) atoms. The lowest BCUT2D eigenvalue weighted by Gasteiger charge is -2.14. The highest BCUT2D eigenvalue weighted by Crippen LogP contribution is 2.15. The van der Waals surface area contributed by atoms with E-state index in [1.807, 2.05) is 0 Å². The number of hydrogen-bond donors (Lipinski definition) is 2. The zero-order valence-electron chi connectivity index (χ0n) is 6.74. The summed E-state index contributed by atoms with van der Waals surface area (Å²) in [6, 6.07) is 0.778. The fourth-order valence-electron chi connectivity index (χ4n) is 0.916. The van der Waals surface area contributed by atoms with Gasteiger partial charge in [-0.2, -0.15) is 0 Å². The average molecular weight is 170 g/mol. The van der Waals surface area contributed by atoms with Crippen LogP contribution in [0, 0.1) is 5.82 Å². The second kappa shape index (κ2) is 3.60. The molecule has 0 saturated carbocycles. The van der Waals surface area contributed by atoms with Crippen LogP contribution in [-0.2, 0) is 0 Å². The monoisotopic (exact) mass is 170 g/mol. The van der Waals surface area contributed by atoms with Crippen LogP contribution in [0.4, 0.5) is 4.39 Å². The molecule has 1 heterocycles. The zero-order valence-corrected chi connectivity index (χ0v) is 6.74. The van der Waals surface area contributed by atoms with Gasteiger partial charge in [-0.15, -0.1) is 0 Å². The van der Waals surface area contributed by atoms with Crippen molar-refractivity contribution in [2.24, 2.45) is 5.73 Å². The van der Waals surface area contributed by atoms with Crippen molar-refractivity contribution in [1.29, 1.82) is 0 Å². The number of aromatic nitrogens is 1. The summed E-state index contributed by atoms with van der Waals surface area (Å²) < 4.78 is 12.9. The molecule has 0 fully saturated rings. The molecule has 0 saturated heterocycles. The van der Waals surface area contributed by atoms with Gasteiger partial charge in [-0.1, -0.05) is 0 Å². The van der Waals surface area contributed by atoms with Crippen LogP contribution in [0.15, 0.2) is 18.5 Å². The lowest BCUT2D eigenvalue weighted by atomic mass is 10.0. The lowest BCUT2D eigenvalue weighted by Crippen LogP contribution is -2.24. The summed E-state index contributed by atoms with van der Waals surface area (Å²) in [5.74, 6) is -0.481. The van der Waals surface area contributed by atoms with Gasteiger partial charge in [0.2, 0.25) is 0 Å². The van der Waals surface area contributed by atoms with Crippen LogP contribution < -0.4 is 5.73 Å². The van der Waals surface area contributed by atoms with E-state index >= 15 is 0 Å². The van der Waals surface area contributed by atoms with Crippen molar-refractivity contribution in [3.05, 3.63) is 29.8 Å². The Labute approximate surface area is 70.0 Å². The van der Waals surface area contributed by atoms with Crippen LogP contribution in [0.1, 0.15) is 18.5 Å². The van der Waals surface area contributed by atoms with Crippen molar-refractivity contribution >= 4 is 0 Å². The first-order valence-corrected chi connectivity index (χ1v) is 3.66. The van der Waals surface area contributed by atoms with E-state index in [0.29, 0.717) is 5.56 Å². The van der Waals surface area contributed by atoms with Crippen molar-refractivity contribution in [1.82, 2.24) is 4.98 Å². The van der Waals surface area contributed by atoms with Crippen molar-refractivity contribution in [3.63, 3.8) is 0 Å². The Kier molecular flexibility index (Phi) is 2.73. The molecule has 0 radical (unpaired) electrons. The summed E-state index contributed by atoms with van der Waals surface area (Å²) in [7, 11) is 0. The first-order chi connectivity index (χ1) is 5.63. The molecule has 1 rings (SSSR count). The van der Waals surface area contributed by atoms with Crippen LogP contribution in [0.5, 0.6) is 0 Å². The van der Waals surface area contributed by atoms with Crippen molar-refractivity contribution < 1.29 is 9.50 Å². The Morgan fingerprint density at radius 1 is 1.67 bits per heavy atom. The molecule has 0 aliphatic heterocycles. The third-order valence-electron chi connectivity index (χ3n) is 1.68. The van der Waals surface area contributed by atoms with Gasteiger partial charge in [0.05, 0.1) is 18.3 Å². The summed E-state index contributed by atoms with van der Waals surface area (Å²) in [4.78, 5) is 3.57. The van der Waals surface area contributed by atoms with Gasteiger partial charge in [0, 0.05) is 11.8 Å². The van der Waals surface area contributed by atoms with Gasteiger partial charge in [-0.05, 0) is 13.0 Å². The molecule has 0 aromatic carbocycles. The van der Waals surface area contributed by atoms with E-state index in [9.17, 15) is 4.39 Å². The number of aliphatic hydroxyl groups excluding tert-OH is 1. The fourth-order valence-corrected chi connectivity index (χ4v) is 0.916. The third kappa shape index (κ3) is 1.78. The van der Waals surface area contributed by atoms with Crippen molar-refractivity contribution in [3.8, 4) is 0 Å². The van der Waals surface area contributed by atoms with E-state index < -0.39 is 18.0 Å². The Balaban J connectivity index is 2.94. The Morgan fingerprint density at radius 3 is 2.83 bits per heavy atom. The normalized spacial score (nSPS) is 15.7. The van der Waals surface area contributed by atoms with Crippen LogP contribution in [0.25, 0.3) is 0 Å². The Bertz CT molecular complexity index is 265. The summed E-state index contributed by atoms with van der Waals surface area (Å²) in [5, 5.41) is 9.09. The number of hydrogen-bond acceptors (Lipinski definition) is 3. The number of nitrogens with zero attached hydrogens (tertiary/aromatic N) is 1. The second-order valence-corrected chi connectivity index (χ2v) is 2.66.